The topological polar surface area (TPSA) is 39.7 Å². The first-order valence-corrected chi connectivity index (χ1v) is 9.45. The molecule has 1 saturated heterocycles. The Labute approximate surface area is 148 Å². The Morgan fingerprint density at radius 1 is 1.32 bits per heavy atom. The molecule has 1 aromatic carbocycles. The first-order valence-electron chi connectivity index (χ1n) is 9.45. The van der Waals surface area contributed by atoms with Gasteiger partial charge >= 0.3 is 0 Å². The molecule has 0 saturated carbocycles. The molecule has 4 heteroatoms. The van der Waals surface area contributed by atoms with Gasteiger partial charge in [-0.3, -0.25) is 0 Å². The molecule has 2 heterocycles. The number of nitrogens with one attached hydrogen (secondary N) is 1. The SMILES string of the molecule is CCCCOc1ccc2c3c1O[C@H]1C(OC)=CC=C4[C@@H](C2)NCC[C@]431. The monoisotopic (exact) mass is 339 g/mol. The van der Waals surface area contributed by atoms with Gasteiger partial charge in [0.25, 0.3) is 0 Å². The molecule has 3 atom stereocenters. The maximum absolute atomic E-state index is 6.56. The average molecular weight is 339 g/mol. The quantitative estimate of drug-likeness (QED) is 0.836. The van der Waals surface area contributed by atoms with Crippen LogP contribution in [0.2, 0.25) is 0 Å². The third-order valence-corrected chi connectivity index (χ3v) is 6.24. The van der Waals surface area contributed by atoms with E-state index in [2.05, 4.69) is 36.5 Å². The van der Waals surface area contributed by atoms with E-state index in [1.54, 1.807) is 7.11 Å². The third kappa shape index (κ3) is 1.92. The molecule has 5 rings (SSSR count). The maximum atomic E-state index is 6.56. The number of benzene rings is 1. The number of unbranched alkanes of at least 4 members (excludes halogenated alkanes) is 1. The van der Waals surface area contributed by atoms with Crippen LogP contribution in [0.5, 0.6) is 11.5 Å². The van der Waals surface area contributed by atoms with E-state index in [-0.39, 0.29) is 11.5 Å². The summed E-state index contributed by atoms with van der Waals surface area (Å²) in [5.41, 5.74) is 4.13. The summed E-state index contributed by atoms with van der Waals surface area (Å²) in [5.74, 6) is 2.77. The fourth-order valence-corrected chi connectivity index (χ4v) is 5.13. The Morgan fingerprint density at radius 3 is 3.08 bits per heavy atom. The predicted octanol–water partition coefficient (Wildman–Crippen LogP) is 3.25. The van der Waals surface area contributed by atoms with Crippen molar-refractivity contribution in [2.24, 2.45) is 0 Å². The molecule has 1 spiro atoms. The molecule has 2 aliphatic carbocycles. The molecule has 1 fully saturated rings. The van der Waals surface area contributed by atoms with Gasteiger partial charge in [0, 0.05) is 11.6 Å². The Hall–Kier alpha value is -1.94. The smallest absolute Gasteiger partial charge is 0.169 e. The number of allylic oxidation sites excluding steroid dienone is 2. The molecule has 0 radical (unpaired) electrons. The molecule has 0 aromatic heterocycles. The lowest BCUT2D eigenvalue weighted by Crippen LogP contribution is -2.58. The lowest BCUT2D eigenvalue weighted by Gasteiger charge is -2.49. The van der Waals surface area contributed by atoms with Crippen LogP contribution >= 0.6 is 0 Å². The van der Waals surface area contributed by atoms with Gasteiger partial charge in [-0.15, -0.1) is 0 Å². The van der Waals surface area contributed by atoms with Crippen molar-refractivity contribution in [1.29, 1.82) is 0 Å². The molecule has 2 bridgehead atoms. The molecule has 4 aliphatic rings. The minimum atomic E-state index is -0.0803. The number of ether oxygens (including phenoxy) is 3. The maximum Gasteiger partial charge on any atom is 0.169 e. The summed E-state index contributed by atoms with van der Waals surface area (Å²) in [5, 5.41) is 3.69. The van der Waals surface area contributed by atoms with Crippen molar-refractivity contribution in [1.82, 2.24) is 5.32 Å². The van der Waals surface area contributed by atoms with Crippen LogP contribution in [0.3, 0.4) is 0 Å². The van der Waals surface area contributed by atoms with Gasteiger partial charge in [-0.2, -0.15) is 0 Å². The molecule has 25 heavy (non-hydrogen) atoms. The van der Waals surface area contributed by atoms with E-state index in [0.717, 1.165) is 56.1 Å². The van der Waals surface area contributed by atoms with E-state index < -0.39 is 0 Å². The Kier molecular flexibility index (Phi) is 3.39. The van der Waals surface area contributed by atoms with Gasteiger partial charge in [0.05, 0.1) is 19.1 Å². The molecule has 1 aromatic rings. The van der Waals surface area contributed by atoms with Gasteiger partial charge in [0.15, 0.2) is 17.6 Å². The van der Waals surface area contributed by atoms with Gasteiger partial charge in [-0.1, -0.05) is 25.5 Å². The second-order valence-corrected chi connectivity index (χ2v) is 7.45. The fourth-order valence-electron chi connectivity index (χ4n) is 5.13. The second kappa shape index (κ2) is 5.53. The largest absolute Gasteiger partial charge is 0.497 e. The van der Waals surface area contributed by atoms with Crippen LogP contribution in [0.1, 0.15) is 37.3 Å². The van der Waals surface area contributed by atoms with E-state index in [9.17, 15) is 0 Å². The zero-order chi connectivity index (χ0) is 17.0. The van der Waals surface area contributed by atoms with Crippen molar-refractivity contribution in [2.45, 2.75) is 50.2 Å². The Morgan fingerprint density at radius 2 is 2.24 bits per heavy atom. The van der Waals surface area contributed by atoms with Crippen LogP contribution in [0.25, 0.3) is 0 Å². The van der Waals surface area contributed by atoms with Crippen LogP contribution in [-0.2, 0) is 16.6 Å². The van der Waals surface area contributed by atoms with E-state index in [1.165, 1.54) is 16.7 Å². The lowest BCUT2D eigenvalue weighted by atomic mass is 9.58. The summed E-state index contributed by atoms with van der Waals surface area (Å²) >= 11 is 0. The highest BCUT2D eigenvalue weighted by Gasteiger charge is 2.61. The van der Waals surface area contributed by atoms with E-state index in [1.807, 2.05) is 0 Å². The van der Waals surface area contributed by atoms with Crippen LogP contribution in [0.15, 0.2) is 35.6 Å². The molecule has 0 amide bonds. The summed E-state index contributed by atoms with van der Waals surface area (Å²) in [6, 6.07) is 4.74. The van der Waals surface area contributed by atoms with E-state index >= 15 is 0 Å². The Balaban J connectivity index is 1.67. The highest BCUT2D eigenvalue weighted by atomic mass is 16.6. The first kappa shape index (κ1) is 15.3. The summed E-state index contributed by atoms with van der Waals surface area (Å²) in [6.07, 6.45) is 8.55. The molecule has 2 aliphatic heterocycles. The van der Waals surface area contributed by atoms with Crippen molar-refractivity contribution in [2.75, 3.05) is 20.3 Å². The zero-order valence-corrected chi connectivity index (χ0v) is 14.9. The highest BCUT2D eigenvalue weighted by molar-refractivity contribution is 5.67. The molecule has 0 unspecified atom stereocenters. The lowest BCUT2D eigenvalue weighted by molar-refractivity contribution is 0.0992. The molecule has 132 valence electrons. The van der Waals surface area contributed by atoms with Crippen molar-refractivity contribution < 1.29 is 14.2 Å². The number of hydrogen-bond donors (Lipinski definition) is 1. The van der Waals surface area contributed by atoms with Gasteiger partial charge < -0.3 is 19.5 Å². The zero-order valence-electron chi connectivity index (χ0n) is 14.9. The number of rotatable bonds is 5. The Bertz CT molecular complexity index is 782. The van der Waals surface area contributed by atoms with Crippen LogP contribution < -0.4 is 14.8 Å². The van der Waals surface area contributed by atoms with E-state index in [4.69, 9.17) is 14.2 Å². The normalized spacial score (nSPS) is 30.8. The third-order valence-electron chi connectivity index (χ3n) is 6.24. The second-order valence-electron chi connectivity index (χ2n) is 7.45. The van der Waals surface area contributed by atoms with Crippen molar-refractivity contribution in [3.63, 3.8) is 0 Å². The average Bonchev–Trinajstić information content (AvgIpc) is 2.97. The summed E-state index contributed by atoms with van der Waals surface area (Å²) < 4.78 is 18.4. The van der Waals surface area contributed by atoms with Gasteiger partial charge in [-0.05, 0) is 49.1 Å². The minimum Gasteiger partial charge on any atom is -0.497 e. The van der Waals surface area contributed by atoms with Crippen LogP contribution in [0.4, 0.5) is 0 Å². The summed E-state index contributed by atoms with van der Waals surface area (Å²) in [4.78, 5) is 0. The fraction of sp³-hybridized carbons (Fsp3) is 0.524. The van der Waals surface area contributed by atoms with Gasteiger partial charge in [0.1, 0.15) is 5.76 Å². The number of methoxy groups -OCH3 is 1. The number of hydrogen-bond acceptors (Lipinski definition) is 4. The van der Waals surface area contributed by atoms with Crippen molar-refractivity contribution in [3.8, 4) is 11.5 Å². The summed E-state index contributed by atoms with van der Waals surface area (Å²) in [6.45, 7) is 3.93. The summed E-state index contributed by atoms with van der Waals surface area (Å²) in [7, 11) is 1.74. The standard InChI is InChI=1S/C21H25NO3/c1-3-4-11-24-16-7-5-13-12-15-14-6-8-17(23-2)20-21(14,9-10-22-15)18(13)19(16)25-20/h5-8,15,20,22H,3-4,9-12H2,1-2H3/t15-,20+,21+/m1/s1. The van der Waals surface area contributed by atoms with E-state index in [0.29, 0.717) is 6.04 Å². The van der Waals surface area contributed by atoms with Gasteiger partial charge in [0.2, 0.25) is 0 Å². The number of piperidine rings is 1. The predicted molar refractivity (Wildman–Crippen MR) is 96.2 cm³/mol. The first-order chi connectivity index (χ1) is 12.3. The molecular formula is C21H25NO3. The minimum absolute atomic E-state index is 0.0629. The van der Waals surface area contributed by atoms with Crippen molar-refractivity contribution in [3.05, 3.63) is 46.7 Å². The molecule has 4 nitrogen and oxygen atoms in total. The molecular weight excluding hydrogens is 314 g/mol. The highest BCUT2D eigenvalue weighted by Crippen LogP contribution is 2.61. The van der Waals surface area contributed by atoms with Crippen molar-refractivity contribution >= 4 is 0 Å². The molecule has 1 N–H and O–H groups in total. The van der Waals surface area contributed by atoms with Gasteiger partial charge in [-0.25, -0.2) is 0 Å². The van der Waals surface area contributed by atoms with Crippen LogP contribution in [0, 0.1) is 0 Å². The van der Waals surface area contributed by atoms with Crippen LogP contribution in [-0.4, -0.2) is 32.4 Å².